The van der Waals surface area contributed by atoms with Crippen molar-refractivity contribution in [2.24, 2.45) is 0 Å². The van der Waals surface area contributed by atoms with Gasteiger partial charge in [0, 0.05) is 0 Å². The van der Waals surface area contributed by atoms with E-state index < -0.39 is 25.9 Å². The second-order valence-corrected chi connectivity index (χ2v) is 6.20. The van der Waals surface area contributed by atoms with Gasteiger partial charge in [0.25, 0.3) is 0 Å². The number of carboxylic acids is 1. The quantitative estimate of drug-likeness (QED) is 0.209. The summed E-state index contributed by atoms with van der Waals surface area (Å²) in [7, 11) is -4.68. The zero-order valence-electron chi connectivity index (χ0n) is 11.6. The highest BCUT2D eigenvalue weighted by Gasteiger charge is 2.30. The molecule has 4 N–H and O–H groups in total. The topological polar surface area (TPSA) is 116 Å². The lowest BCUT2D eigenvalue weighted by molar-refractivity contribution is -0.141. The number of hydrogen-bond acceptors (Lipinski definition) is 5. The molecule has 0 saturated heterocycles. The molecule has 9 heteroatoms. The van der Waals surface area contributed by atoms with E-state index in [4.69, 9.17) is 14.9 Å². The van der Waals surface area contributed by atoms with Crippen LogP contribution in [0.15, 0.2) is 0 Å². The van der Waals surface area contributed by atoms with Crippen LogP contribution in [-0.4, -0.2) is 45.3 Å². The van der Waals surface area contributed by atoms with Crippen LogP contribution in [0.4, 0.5) is 0 Å². The molecule has 0 rings (SSSR count). The largest absolute Gasteiger partial charge is 0.480 e. The van der Waals surface area contributed by atoms with Gasteiger partial charge in [0.1, 0.15) is 6.04 Å². The number of nitrogens with one attached hydrogen (secondary N) is 1. The monoisotopic (exact) mass is 329 g/mol. The number of rotatable bonds is 12. The van der Waals surface area contributed by atoms with Crippen LogP contribution in [-0.2, 0) is 13.9 Å². The van der Waals surface area contributed by atoms with E-state index in [0.29, 0.717) is 6.54 Å². The molecule has 0 bridgehead atoms. The molecule has 0 amide bonds. The van der Waals surface area contributed by atoms with Gasteiger partial charge in [-0.3, -0.25) is 9.32 Å². The van der Waals surface area contributed by atoms with Crippen molar-refractivity contribution in [3.05, 3.63) is 0 Å². The lowest BCUT2D eigenvalue weighted by Gasteiger charge is -2.21. The molecule has 0 aliphatic carbocycles. The average molecular weight is 329 g/mol. The van der Waals surface area contributed by atoms with Gasteiger partial charge in [0.2, 0.25) is 0 Å². The Balaban J connectivity index is 3.98. The van der Waals surface area contributed by atoms with Crippen molar-refractivity contribution in [1.29, 1.82) is 0 Å². The lowest BCUT2D eigenvalue weighted by atomic mass is 10.1. The molecule has 0 aromatic rings. The molecule has 0 aromatic carbocycles. The number of phosphoric ester groups is 1. The van der Waals surface area contributed by atoms with Crippen molar-refractivity contribution in [1.82, 2.24) is 5.32 Å². The molecule has 2 atom stereocenters. The van der Waals surface area contributed by atoms with Crippen molar-refractivity contribution < 1.29 is 28.8 Å². The fraction of sp³-hybridized carbons (Fsp3) is 0.909. The first kappa shape index (κ1) is 19.9. The molecule has 0 heterocycles. The molecule has 0 aliphatic rings. The standard InChI is InChI=1S/C11H24NO6PS/c1-9(18-19(15,16)17)10(11(13)14)12-7-5-3-2-4-6-8-20/h9-10,12,20H,2-8H2,1H3,(H,13,14)(H2,15,16,17)/t9-,10+/m1/s1. The first-order valence-electron chi connectivity index (χ1n) is 6.59. The van der Waals surface area contributed by atoms with E-state index in [0.717, 1.165) is 37.9 Å². The third kappa shape index (κ3) is 10.7. The second-order valence-electron chi connectivity index (χ2n) is 4.56. The normalized spacial score (nSPS) is 15.0. The van der Waals surface area contributed by atoms with Crippen LogP contribution in [0.5, 0.6) is 0 Å². The summed E-state index contributed by atoms with van der Waals surface area (Å²) in [6.07, 6.45) is 3.90. The molecule has 120 valence electrons. The van der Waals surface area contributed by atoms with Gasteiger partial charge in [0.15, 0.2) is 0 Å². The zero-order chi connectivity index (χ0) is 15.6. The first-order valence-corrected chi connectivity index (χ1v) is 8.75. The van der Waals surface area contributed by atoms with Gasteiger partial charge >= 0.3 is 13.8 Å². The Morgan fingerprint density at radius 2 is 1.80 bits per heavy atom. The first-order chi connectivity index (χ1) is 9.28. The fourth-order valence-corrected chi connectivity index (χ4v) is 2.53. The van der Waals surface area contributed by atoms with Crippen LogP contribution in [0, 0.1) is 0 Å². The number of carboxylic acid groups (broad SMARTS) is 1. The molecule has 0 fully saturated rings. The van der Waals surface area contributed by atoms with E-state index in [9.17, 15) is 9.36 Å². The fourth-order valence-electron chi connectivity index (χ4n) is 1.76. The third-order valence-corrected chi connectivity index (χ3v) is 3.66. The summed E-state index contributed by atoms with van der Waals surface area (Å²) in [5.74, 6) is -0.322. The Bertz CT molecular complexity index is 324. The molecular weight excluding hydrogens is 305 g/mol. The highest BCUT2D eigenvalue weighted by molar-refractivity contribution is 7.80. The molecular formula is C11H24NO6PS. The smallest absolute Gasteiger partial charge is 0.469 e. The van der Waals surface area contributed by atoms with Gasteiger partial charge in [-0.2, -0.15) is 12.6 Å². The van der Waals surface area contributed by atoms with E-state index in [1.807, 2.05) is 0 Å². The number of phosphoric acid groups is 1. The Labute approximate surface area is 124 Å². The Hall–Kier alpha value is -0.110. The molecule has 20 heavy (non-hydrogen) atoms. The van der Waals surface area contributed by atoms with E-state index in [-0.39, 0.29) is 0 Å². The summed E-state index contributed by atoms with van der Waals surface area (Å²) in [5.41, 5.74) is 0. The molecule has 0 radical (unpaired) electrons. The second kappa shape index (κ2) is 10.6. The maximum atomic E-state index is 11.0. The molecule has 0 saturated carbocycles. The summed E-state index contributed by atoms with van der Waals surface area (Å²) in [6.45, 7) is 1.78. The van der Waals surface area contributed by atoms with E-state index in [2.05, 4.69) is 22.5 Å². The van der Waals surface area contributed by atoms with Crippen LogP contribution in [0.3, 0.4) is 0 Å². The SMILES string of the molecule is C[C@@H](OP(=O)(O)O)[C@H](NCCCCCCCS)C(=O)O. The predicted octanol–water partition coefficient (Wildman–Crippen LogP) is 1.41. The van der Waals surface area contributed by atoms with Gasteiger partial charge in [-0.25, -0.2) is 4.57 Å². The van der Waals surface area contributed by atoms with Crippen LogP contribution in [0.1, 0.15) is 39.0 Å². The zero-order valence-corrected chi connectivity index (χ0v) is 13.4. The molecule has 0 unspecified atom stereocenters. The van der Waals surface area contributed by atoms with E-state index in [1.54, 1.807) is 0 Å². The Morgan fingerprint density at radius 3 is 2.30 bits per heavy atom. The van der Waals surface area contributed by atoms with E-state index in [1.165, 1.54) is 6.92 Å². The van der Waals surface area contributed by atoms with Gasteiger partial charge in [-0.05, 0) is 32.1 Å². The number of hydrogen-bond donors (Lipinski definition) is 5. The number of thiol groups is 1. The van der Waals surface area contributed by atoms with Gasteiger partial charge in [0.05, 0.1) is 6.10 Å². The predicted molar refractivity (Wildman–Crippen MR) is 79.0 cm³/mol. The average Bonchev–Trinajstić information content (AvgIpc) is 2.29. The van der Waals surface area contributed by atoms with Gasteiger partial charge in [-0.15, -0.1) is 0 Å². The summed E-state index contributed by atoms with van der Waals surface area (Å²) < 4.78 is 15.1. The molecule has 0 spiro atoms. The highest BCUT2D eigenvalue weighted by atomic mass is 32.1. The molecule has 0 aromatic heterocycles. The number of aliphatic carboxylic acids is 1. The van der Waals surface area contributed by atoms with Crippen molar-refractivity contribution in [2.45, 2.75) is 51.2 Å². The van der Waals surface area contributed by atoms with Gasteiger partial charge in [-0.1, -0.05) is 19.3 Å². The summed E-state index contributed by atoms with van der Waals surface area (Å²) in [4.78, 5) is 28.4. The lowest BCUT2D eigenvalue weighted by Crippen LogP contribution is -2.46. The molecule has 0 aliphatic heterocycles. The summed E-state index contributed by atoms with van der Waals surface area (Å²) in [5, 5.41) is 11.8. The maximum absolute atomic E-state index is 11.0. The van der Waals surface area contributed by atoms with Crippen LogP contribution in [0.25, 0.3) is 0 Å². The highest BCUT2D eigenvalue weighted by Crippen LogP contribution is 2.38. The number of unbranched alkanes of at least 4 members (excludes halogenated alkanes) is 4. The van der Waals surface area contributed by atoms with Crippen LogP contribution >= 0.6 is 20.5 Å². The van der Waals surface area contributed by atoms with Crippen molar-refractivity contribution in [3.8, 4) is 0 Å². The Morgan fingerprint density at radius 1 is 1.25 bits per heavy atom. The minimum absolute atomic E-state index is 0.465. The summed E-state index contributed by atoms with van der Waals surface area (Å²) >= 11 is 4.11. The van der Waals surface area contributed by atoms with Crippen molar-refractivity contribution in [2.75, 3.05) is 12.3 Å². The number of carbonyl (C=O) groups is 1. The van der Waals surface area contributed by atoms with Gasteiger partial charge < -0.3 is 20.2 Å². The van der Waals surface area contributed by atoms with Crippen molar-refractivity contribution >= 4 is 26.4 Å². The van der Waals surface area contributed by atoms with Crippen LogP contribution < -0.4 is 5.32 Å². The third-order valence-electron chi connectivity index (χ3n) is 2.74. The minimum Gasteiger partial charge on any atom is -0.480 e. The van der Waals surface area contributed by atoms with Crippen molar-refractivity contribution in [3.63, 3.8) is 0 Å². The summed E-state index contributed by atoms with van der Waals surface area (Å²) in [6, 6.07) is -1.14. The van der Waals surface area contributed by atoms with Crippen LogP contribution in [0.2, 0.25) is 0 Å². The minimum atomic E-state index is -4.68. The Kier molecular flexibility index (Phi) is 10.5. The molecule has 7 nitrogen and oxygen atoms in total. The maximum Gasteiger partial charge on any atom is 0.469 e. The van der Waals surface area contributed by atoms with E-state index >= 15 is 0 Å².